The van der Waals surface area contributed by atoms with Crippen LogP contribution < -0.4 is 9.47 Å². The topological polar surface area (TPSA) is 74.9 Å². The fourth-order valence-corrected chi connectivity index (χ4v) is 3.88. The number of H-pyrrole nitrogens is 1. The van der Waals surface area contributed by atoms with E-state index in [1.165, 1.54) is 0 Å². The third kappa shape index (κ3) is 2.24. The predicted octanol–water partition coefficient (Wildman–Crippen LogP) is 2.21. The number of amides is 2. The summed E-state index contributed by atoms with van der Waals surface area (Å²) < 4.78 is 95.4. The summed E-state index contributed by atoms with van der Waals surface area (Å²) in [6, 6.07) is -1.09. The Morgan fingerprint density at radius 1 is 1.28 bits per heavy atom. The van der Waals surface area contributed by atoms with Gasteiger partial charge in [0, 0.05) is 34.1 Å². The van der Waals surface area contributed by atoms with E-state index in [0.717, 1.165) is 0 Å². The minimum absolute atomic E-state index is 0.133. The van der Waals surface area contributed by atoms with Crippen molar-refractivity contribution in [2.75, 3.05) is 20.3 Å². The van der Waals surface area contributed by atoms with Crippen LogP contribution in [0.1, 0.15) is 36.5 Å². The van der Waals surface area contributed by atoms with Crippen LogP contribution in [0.3, 0.4) is 0 Å². The number of hydrogen-bond acceptors (Lipinski definition) is 4. The van der Waals surface area contributed by atoms with Crippen LogP contribution in [0.4, 0.5) is 0 Å². The molecule has 3 aromatic rings. The Balaban J connectivity index is 1.76. The van der Waals surface area contributed by atoms with Gasteiger partial charge in [0.15, 0.2) is 11.5 Å². The zero-order chi connectivity index (χ0) is 28.4. The van der Waals surface area contributed by atoms with E-state index in [1.54, 1.807) is 24.3 Å². The number of likely N-dealkylation sites (N-methyl/N-ethyl adjacent to an activating group) is 1. The monoisotopic (exact) mass is 399 g/mol. The second-order valence-corrected chi connectivity index (χ2v) is 6.70. The van der Waals surface area contributed by atoms with Gasteiger partial charge in [-0.3, -0.25) is 9.59 Å². The fourth-order valence-electron chi connectivity index (χ4n) is 3.88. The Hall–Kier alpha value is -3.48. The molecule has 1 saturated heterocycles. The number of piperazine rings is 1. The molecule has 2 atom stereocenters. The summed E-state index contributed by atoms with van der Waals surface area (Å²) in [7, 11) is 0. The quantitative estimate of drug-likeness (QED) is 0.681. The van der Waals surface area contributed by atoms with Gasteiger partial charge in [0.2, 0.25) is 18.6 Å². The molecule has 1 aromatic heterocycles. The van der Waals surface area contributed by atoms with Crippen molar-refractivity contribution in [2.24, 2.45) is 0 Å². The van der Waals surface area contributed by atoms with Gasteiger partial charge in [-0.05, 0) is 29.3 Å². The van der Waals surface area contributed by atoms with Gasteiger partial charge >= 0.3 is 0 Å². The van der Waals surface area contributed by atoms with Crippen LogP contribution in [0.2, 0.25) is 0 Å². The average Bonchev–Trinajstić information content (AvgIpc) is 3.47. The zero-order valence-electron chi connectivity index (χ0n) is 24.8. The molecule has 7 heteroatoms. The van der Waals surface area contributed by atoms with Crippen molar-refractivity contribution < 1.29 is 32.8 Å². The van der Waals surface area contributed by atoms with Crippen LogP contribution >= 0.6 is 0 Å². The first-order valence-electron chi connectivity index (χ1n) is 13.8. The molecule has 3 aliphatic rings. The largest absolute Gasteiger partial charge is 0.454 e. The van der Waals surface area contributed by atoms with Gasteiger partial charge in [-0.1, -0.05) is 24.2 Å². The third-order valence-electron chi connectivity index (χ3n) is 5.14. The first-order chi connectivity index (χ1) is 18.1. The summed E-state index contributed by atoms with van der Waals surface area (Å²) >= 11 is 0. The van der Waals surface area contributed by atoms with Gasteiger partial charge in [-0.25, -0.2) is 0 Å². The second kappa shape index (κ2) is 5.76. The minimum Gasteiger partial charge on any atom is -0.454 e. The van der Waals surface area contributed by atoms with Crippen LogP contribution in [0, 0.1) is 0 Å². The third-order valence-corrected chi connectivity index (χ3v) is 5.14. The molecule has 0 saturated carbocycles. The highest BCUT2D eigenvalue weighted by Gasteiger charge is 2.47. The molecular formula is C22H19N3O4. The summed E-state index contributed by atoms with van der Waals surface area (Å²) in [4.78, 5) is 30.7. The van der Waals surface area contributed by atoms with Gasteiger partial charge in [0.1, 0.15) is 6.02 Å². The number of fused-ring (bicyclic) bond motifs is 5. The summed E-state index contributed by atoms with van der Waals surface area (Å²) in [5.41, 5.74) is -0.182. The molecule has 7 nitrogen and oxygen atoms in total. The van der Waals surface area contributed by atoms with E-state index in [-0.39, 0.29) is 39.3 Å². The molecule has 29 heavy (non-hydrogen) atoms. The second-order valence-electron chi connectivity index (χ2n) is 6.70. The van der Waals surface area contributed by atoms with Crippen molar-refractivity contribution in [2.45, 2.75) is 18.5 Å². The molecule has 0 spiro atoms. The van der Waals surface area contributed by atoms with E-state index in [9.17, 15) is 12.3 Å². The Morgan fingerprint density at radius 3 is 3.03 bits per heavy atom. The normalized spacial score (nSPS) is 35.0. The van der Waals surface area contributed by atoms with Crippen LogP contribution in [0.25, 0.3) is 10.9 Å². The number of hydrogen-bond donors (Lipinski definition) is 1. The number of rotatable bonds is 1. The maximum Gasteiger partial charge on any atom is 0.245 e. The Morgan fingerprint density at radius 2 is 2.14 bits per heavy atom. The number of aromatic amines is 1. The van der Waals surface area contributed by atoms with Crippen molar-refractivity contribution >= 4 is 22.7 Å². The van der Waals surface area contributed by atoms with Gasteiger partial charge in [0.05, 0.1) is 22.1 Å². The van der Waals surface area contributed by atoms with E-state index in [2.05, 4.69) is 4.98 Å². The lowest BCUT2D eigenvalue weighted by Crippen LogP contribution is -2.62. The zero-order valence-corrected chi connectivity index (χ0v) is 14.8. The Labute approximate surface area is 180 Å². The van der Waals surface area contributed by atoms with E-state index in [0.29, 0.717) is 10.9 Å². The molecule has 3 aliphatic heterocycles. The van der Waals surface area contributed by atoms with Crippen LogP contribution in [0.5, 0.6) is 11.5 Å². The number of carbonyl (C=O) groups excluding carboxylic acids is 2. The molecule has 4 heterocycles. The molecule has 2 aromatic carbocycles. The van der Waals surface area contributed by atoms with Crippen LogP contribution in [-0.2, 0) is 16.0 Å². The van der Waals surface area contributed by atoms with Crippen molar-refractivity contribution in [3.05, 3.63) is 59.2 Å². The first-order valence-corrected chi connectivity index (χ1v) is 8.77. The van der Waals surface area contributed by atoms with Crippen LogP contribution in [0.15, 0.2) is 42.4 Å². The molecule has 6 rings (SSSR count). The minimum atomic E-state index is -3.52. The molecule has 146 valence electrons. The number of aromatic nitrogens is 1. The highest BCUT2D eigenvalue weighted by Crippen LogP contribution is 2.44. The Bertz CT molecular complexity index is 1620. The van der Waals surface area contributed by atoms with Gasteiger partial charge < -0.3 is 24.3 Å². The standard InChI is InChI=1S/C22H19N3O4/c1-24-10-19(26)25-16(22(24)27)9-14-13-4-2-3-5-15(13)23-20(14)21(25)12-6-7-17-18(8-12)29-11-28-17/h2-8,16,21,23H,9-11H2,1H3/t16-,21-/m1/s1/i1D3,6D,7D,8D,10D2,16D,21D. The summed E-state index contributed by atoms with van der Waals surface area (Å²) in [5.74, 6) is -3.81. The summed E-state index contributed by atoms with van der Waals surface area (Å²) in [5, 5.41) is 0.439. The Kier molecular flexibility index (Phi) is 1.86. The van der Waals surface area contributed by atoms with E-state index >= 15 is 0 Å². The molecule has 0 aliphatic carbocycles. The maximum absolute atomic E-state index is 13.9. The lowest BCUT2D eigenvalue weighted by atomic mass is 9.86. The number of carbonyl (C=O) groups is 2. The molecular weight excluding hydrogens is 370 g/mol. The molecule has 1 N–H and O–H groups in total. The SMILES string of the molecule is [2H]c1c([2H])c([C@]2([2H])c3[nH]c4ccccc4c3C[C@]3([2H])C(=O)N(C([2H])([2H])[2H])C([2H])([2H])C(=O)N23)c([2H])c2c1OCO2. The van der Waals surface area contributed by atoms with Crippen molar-refractivity contribution in [3.8, 4) is 11.5 Å². The number of ether oxygens (including phenoxy) is 2. The smallest absolute Gasteiger partial charge is 0.245 e. The van der Waals surface area contributed by atoms with E-state index < -0.39 is 67.4 Å². The number of benzene rings is 2. The highest BCUT2D eigenvalue weighted by molar-refractivity contribution is 5.97. The molecule has 0 bridgehead atoms. The summed E-state index contributed by atoms with van der Waals surface area (Å²) in [6.45, 7) is -7.35. The highest BCUT2D eigenvalue weighted by atomic mass is 16.7. The van der Waals surface area contributed by atoms with Crippen LogP contribution in [-0.4, -0.2) is 52.9 Å². The first kappa shape index (κ1) is 9.35. The fraction of sp³-hybridized carbons (Fsp3) is 0.273. The van der Waals surface area contributed by atoms with Gasteiger partial charge in [-0.2, -0.15) is 0 Å². The lowest BCUT2D eigenvalue weighted by Gasteiger charge is -2.46. The number of para-hydroxylation sites is 1. The van der Waals surface area contributed by atoms with Crippen molar-refractivity contribution in [1.29, 1.82) is 0 Å². The van der Waals surface area contributed by atoms with E-state index in [1.807, 2.05) is 0 Å². The van der Waals surface area contributed by atoms with Crippen molar-refractivity contribution in [1.82, 2.24) is 14.8 Å². The van der Waals surface area contributed by atoms with Crippen molar-refractivity contribution in [3.63, 3.8) is 0 Å². The lowest BCUT2D eigenvalue weighted by molar-refractivity contribution is -0.157. The number of nitrogens with zero attached hydrogens (tertiary/aromatic N) is 2. The van der Waals surface area contributed by atoms with E-state index in [4.69, 9.17) is 20.4 Å². The summed E-state index contributed by atoms with van der Waals surface area (Å²) in [6.07, 6.45) is -0.612. The molecule has 2 amide bonds. The molecule has 1 fully saturated rings. The molecule has 0 unspecified atom stereocenters. The predicted molar refractivity (Wildman–Crippen MR) is 105 cm³/mol. The van der Waals surface area contributed by atoms with Gasteiger partial charge in [-0.15, -0.1) is 0 Å². The van der Waals surface area contributed by atoms with Gasteiger partial charge in [0.25, 0.3) is 0 Å². The molecule has 0 radical (unpaired) electrons. The average molecular weight is 399 g/mol. The number of nitrogens with one attached hydrogen (secondary N) is 1. The maximum atomic E-state index is 13.9.